The van der Waals surface area contributed by atoms with Crippen molar-refractivity contribution >= 4 is 29.5 Å². The lowest BCUT2D eigenvalue weighted by atomic mass is 9.90. The van der Waals surface area contributed by atoms with Crippen LogP contribution in [0.2, 0.25) is 0 Å². The molecule has 2 aliphatic heterocycles. The molecule has 0 amide bonds. The first-order valence-corrected chi connectivity index (χ1v) is 12.2. The summed E-state index contributed by atoms with van der Waals surface area (Å²) in [5.74, 6) is 0.694. The van der Waals surface area contributed by atoms with E-state index in [1.54, 1.807) is 0 Å². The van der Waals surface area contributed by atoms with E-state index in [4.69, 9.17) is 11.6 Å². The van der Waals surface area contributed by atoms with Gasteiger partial charge in [0.05, 0.1) is 12.2 Å². The average Bonchev–Trinajstić information content (AvgIpc) is 3.30. The number of rotatable bonds is 1. The van der Waals surface area contributed by atoms with Gasteiger partial charge in [0.15, 0.2) is 5.78 Å². The Morgan fingerprint density at radius 1 is 1.00 bits per heavy atom. The Morgan fingerprint density at radius 2 is 1.72 bits per heavy atom. The van der Waals surface area contributed by atoms with E-state index < -0.39 is 0 Å². The Labute approximate surface area is 197 Å². The number of hydrogen-bond acceptors (Lipinski definition) is 4. The standard InChI is InChI=1S/C13H17NO.C8H11ClO.C5H9NO/c1-13(2)7-9-6-10-12(15)4-3-5-14(10)11(9)8-13;1-8(2)3-6(5-10)7(9)4-8;7-5-2-1-3-6-4-5/h6H,3-5,7-8H2,1-2H3;5H,3-4H2,1-2H3;6H,1-4H2. The minimum absolute atomic E-state index is 0.202. The van der Waals surface area contributed by atoms with Crippen LogP contribution in [0.3, 0.4) is 0 Å². The van der Waals surface area contributed by atoms with Crippen molar-refractivity contribution in [2.75, 3.05) is 13.1 Å². The molecule has 0 spiro atoms. The normalized spacial score (nSPS) is 22.9. The van der Waals surface area contributed by atoms with Gasteiger partial charge in [0.25, 0.3) is 0 Å². The van der Waals surface area contributed by atoms with Crippen molar-refractivity contribution in [3.63, 3.8) is 0 Å². The molecule has 0 bridgehead atoms. The van der Waals surface area contributed by atoms with Crippen molar-refractivity contribution in [3.05, 3.63) is 33.6 Å². The van der Waals surface area contributed by atoms with Crippen molar-refractivity contribution in [1.82, 2.24) is 9.88 Å². The van der Waals surface area contributed by atoms with Crippen molar-refractivity contribution in [2.24, 2.45) is 10.8 Å². The molecule has 0 atom stereocenters. The minimum Gasteiger partial charge on any atom is -0.342 e. The number of nitrogens with zero attached hydrogens (tertiary/aromatic N) is 1. The number of piperidine rings is 1. The van der Waals surface area contributed by atoms with Crippen LogP contribution in [0.5, 0.6) is 0 Å². The molecule has 0 saturated carbocycles. The molecular formula is C26H37ClN2O3. The second-order valence-corrected chi connectivity index (χ2v) is 11.5. The average molecular weight is 461 g/mol. The second kappa shape index (κ2) is 10.0. The highest BCUT2D eigenvalue weighted by Crippen LogP contribution is 2.42. The maximum Gasteiger partial charge on any atom is 0.179 e. The van der Waals surface area contributed by atoms with E-state index >= 15 is 0 Å². The van der Waals surface area contributed by atoms with Crippen molar-refractivity contribution < 1.29 is 14.4 Å². The zero-order valence-electron chi connectivity index (χ0n) is 20.0. The molecule has 3 heterocycles. The van der Waals surface area contributed by atoms with Gasteiger partial charge in [-0.05, 0) is 67.5 Å². The van der Waals surface area contributed by atoms with Crippen LogP contribution in [0.1, 0.15) is 88.0 Å². The number of ketones is 2. The molecule has 176 valence electrons. The van der Waals surface area contributed by atoms with Crippen LogP contribution in [0.4, 0.5) is 0 Å². The van der Waals surface area contributed by atoms with E-state index in [1.165, 1.54) is 11.3 Å². The van der Waals surface area contributed by atoms with Gasteiger partial charge >= 0.3 is 0 Å². The Hall–Kier alpha value is -1.72. The van der Waals surface area contributed by atoms with Crippen molar-refractivity contribution in [1.29, 1.82) is 0 Å². The predicted octanol–water partition coefficient (Wildman–Crippen LogP) is 5.03. The number of allylic oxidation sites excluding steroid dienone is 2. The zero-order chi connectivity index (χ0) is 23.5. The van der Waals surface area contributed by atoms with Gasteiger partial charge < -0.3 is 9.88 Å². The van der Waals surface area contributed by atoms with Crippen LogP contribution < -0.4 is 5.32 Å². The quantitative estimate of drug-likeness (QED) is 0.597. The summed E-state index contributed by atoms with van der Waals surface area (Å²) in [6, 6.07) is 2.14. The third-order valence-corrected chi connectivity index (χ3v) is 6.99. The molecule has 0 aromatic carbocycles. The van der Waals surface area contributed by atoms with E-state index in [-0.39, 0.29) is 5.41 Å². The summed E-state index contributed by atoms with van der Waals surface area (Å²) in [5, 5.41) is 3.73. The van der Waals surface area contributed by atoms with E-state index in [2.05, 4.69) is 43.6 Å². The van der Waals surface area contributed by atoms with Crippen LogP contribution >= 0.6 is 11.6 Å². The van der Waals surface area contributed by atoms with Gasteiger partial charge in [0.2, 0.25) is 0 Å². The lowest BCUT2D eigenvalue weighted by Gasteiger charge is -2.20. The molecule has 1 aromatic heterocycles. The minimum atomic E-state index is 0.202. The SMILES string of the molecule is CC1(C)CC(Cl)=C(C=O)C1.CC1(C)Cc2cc3n(c2C1)CCCC3=O.O=C1CCCNC1. The van der Waals surface area contributed by atoms with Crippen LogP contribution in [0.15, 0.2) is 16.7 Å². The molecule has 5 rings (SSSR count). The van der Waals surface area contributed by atoms with Gasteiger partial charge in [-0.25, -0.2) is 0 Å². The molecule has 0 radical (unpaired) electrons. The van der Waals surface area contributed by atoms with Crippen LogP contribution in [0.25, 0.3) is 0 Å². The van der Waals surface area contributed by atoms with E-state index in [9.17, 15) is 14.4 Å². The summed E-state index contributed by atoms with van der Waals surface area (Å²) in [6.45, 7) is 11.5. The summed E-state index contributed by atoms with van der Waals surface area (Å²) in [7, 11) is 0. The fraction of sp³-hybridized carbons (Fsp3) is 0.654. The summed E-state index contributed by atoms with van der Waals surface area (Å²) in [5.41, 5.74) is 5.21. The Bertz CT molecular complexity index is 916. The summed E-state index contributed by atoms with van der Waals surface area (Å²) in [6.07, 6.45) is 8.39. The number of aldehydes is 1. The molecule has 5 nitrogen and oxygen atoms in total. The molecule has 0 unspecified atom stereocenters. The maximum atomic E-state index is 11.7. The van der Waals surface area contributed by atoms with Crippen LogP contribution in [0, 0.1) is 10.8 Å². The Balaban J connectivity index is 0.000000147. The molecule has 6 heteroatoms. The highest BCUT2D eigenvalue weighted by atomic mass is 35.5. The number of carbonyl (C=O) groups excluding carboxylic acids is 3. The molecule has 4 aliphatic rings. The zero-order valence-corrected chi connectivity index (χ0v) is 20.7. The number of fused-ring (bicyclic) bond motifs is 3. The highest BCUT2D eigenvalue weighted by Gasteiger charge is 2.34. The monoisotopic (exact) mass is 460 g/mol. The second-order valence-electron chi connectivity index (χ2n) is 11.1. The highest BCUT2D eigenvalue weighted by molar-refractivity contribution is 6.31. The molecular weight excluding hydrogens is 424 g/mol. The number of nitrogens with one attached hydrogen (secondary N) is 1. The van der Waals surface area contributed by atoms with Crippen molar-refractivity contribution in [3.8, 4) is 0 Å². The van der Waals surface area contributed by atoms with Gasteiger partial charge in [0.1, 0.15) is 12.1 Å². The smallest absolute Gasteiger partial charge is 0.179 e. The first-order valence-electron chi connectivity index (χ1n) is 11.8. The largest absolute Gasteiger partial charge is 0.342 e. The fourth-order valence-corrected chi connectivity index (χ4v) is 5.56. The first-order chi connectivity index (χ1) is 15.0. The van der Waals surface area contributed by atoms with Gasteiger partial charge in [-0.3, -0.25) is 14.4 Å². The Kier molecular flexibility index (Phi) is 7.82. The van der Waals surface area contributed by atoms with Gasteiger partial charge in [-0.15, -0.1) is 0 Å². The lowest BCUT2D eigenvalue weighted by Crippen LogP contribution is -2.29. The van der Waals surface area contributed by atoms with Crippen LogP contribution in [-0.4, -0.2) is 35.5 Å². The van der Waals surface area contributed by atoms with Crippen LogP contribution in [-0.2, 0) is 29.0 Å². The first kappa shape index (κ1) is 24.9. The van der Waals surface area contributed by atoms with E-state index in [1.807, 2.05) is 0 Å². The molecule has 1 fully saturated rings. The van der Waals surface area contributed by atoms with Crippen molar-refractivity contribution in [2.45, 2.75) is 85.6 Å². The summed E-state index contributed by atoms with van der Waals surface area (Å²) in [4.78, 5) is 32.5. The molecule has 32 heavy (non-hydrogen) atoms. The topological polar surface area (TPSA) is 68.2 Å². The van der Waals surface area contributed by atoms with Gasteiger partial charge in [-0.1, -0.05) is 39.3 Å². The maximum absolute atomic E-state index is 11.7. The Morgan fingerprint density at radius 3 is 2.22 bits per heavy atom. The molecule has 1 N–H and O–H groups in total. The number of hydrogen-bond donors (Lipinski definition) is 1. The third kappa shape index (κ3) is 6.20. The van der Waals surface area contributed by atoms with Gasteiger partial charge in [0, 0.05) is 35.7 Å². The van der Waals surface area contributed by atoms with Gasteiger partial charge in [-0.2, -0.15) is 0 Å². The number of aromatic nitrogens is 1. The lowest BCUT2D eigenvalue weighted by molar-refractivity contribution is -0.119. The summed E-state index contributed by atoms with van der Waals surface area (Å²) < 4.78 is 2.27. The summed E-state index contributed by atoms with van der Waals surface area (Å²) >= 11 is 5.81. The molecule has 2 aliphatic carbocycles. The van der Waals surface area contributed by atoms with E-state index in [0.29, 0.717) is 23.5 Å². The third-order valence-electron chi connectivity index (χ3n) is 6.61. The number of halogens is 1. The number of carbonyl (C=O) groups is 3. The fourth-order valence-electron chi connectivity index (χ4n) is 5.09. The predicted molar refractivity (Wildman–Crippen MR) is 128 cm³/mol. The van der Waals surface area contributed by atoms with E-state index in [0.717, 1.165) is 87.0 Å². The molecule has 1 aromatic rings. The molecule has 1 saturated heterocycles. The number of Topliss-reactive ketones (excluding diaryl/α,β-unsaturated/α-hetero) is 2.